The van der Waals surface area contributed by atoms with Crippen LogP contribution in [0.2, 0.25) is 0 Å². The maximum Gasteiger partial charge on any atom is 0.219 e. The van der Waals surface area contributed by atoms with Gasteiger partial charge in [-0.15, -0.1) is 0 Å². The minimum absolute atomic E-state index is 0.0495. The molecule has 1 heterocycles. The topological polar surface area (TPSA) is 53.0 Å². The molecule has 122 valence electrons. The standard InChI is InChI=1S/C16H23FN2O3/c1-13(20)19-8-4-7-18(9-10-19)11-14(21)12-22-16-6-3-2-5-15(16)17/h2-3,5-6,14,21H,4,7-12H2,1H3. The number of ether oxygens (including phenoxy) is 1. The summed E-state index contributed by atoms with van der Waals surface area (Å²) in [6.07, 6.45) is 0.198. The number of amides is 1. The molecule has 22 heavy (non-hydrogen) atoms. The van der Waals surface area contributed by atoms with Crippen LogP contribution >= 0.6 is 0 Å². The molecule has 0 spiro atoms. The van der Waals surface area contributed by atoms with Crippen molar-refractivity contribution in [1.29, 1.82) is 0 Å². The SMILES string of the molecule is CC(=O)N1CCCN(CC(O)COc2ccccc2F)CC1. The highest BCUT2D eigenvalue weighted by Gasteiger charge is 2.19. The van der Waals surface area contributed by atoms with Crippen molar-refractivity contribution in [2.75, 3.05) is 39.3 Å². The Bertz CT molecular complexity index is 498. The van der Waals surface area contributed by atoms with Crippen LogP contribution in [0.4, 0.5) is 4.39 Å². The van der Waals surface area contributed by atoms with Crippen LogP contribution in [-0.4, -0.2) is 66.2 Å². The van der Waals surface area contributed by atoms with E-state index in [1.54, 1.807) is 25.1 Å². The first-order valence-corrected chi connectivity index (χ1v) is 7.59. The first-order chi connectivity index (χ1) is 10.6. The third-order valence-electron chi connectivity index (χ3n) is 3.77. The summed E-state index contributed by atoms with van der Waals surface area (Å²) in [5, 5.41) is 10.1. The molecule has 0 radical (unpaired) electrons. The number of carbonyl (C=O) groups excluding carboxylic acids is 1. The molecular weight excluding hydrogens is 287 g/mol. The first kappa shape index (κ1) is 16.7. The lowest BCUT2D eigenvalue weighted by atomic mass is 10.3. The number of aliphatic hydroxyl groups is 1. The predicted octanol–water partition coefficient (Wildman–Crippen LogP) is 1.12. The number of hydrogen-bond acceptors (Lipinski definition) is 4. The fraction of sp³-hybridized carbons (Fsp3) is 0.562. The molecule has 1 N–H and O–H groups in total. The minimum Gasteiger partial charge on any atom is -0.488 e. The quantitative estimate of drug-likeness (QED) is 0.885. The van der Waals surface area contributed by atoms with E-state index < -0.39 is 11.9 Å². The van der Waals surface area contributed by atoms with Gasteiger partial charge in [0.05, 0.1) is 0 Å². The lowest BCUT2D eigenvalue weighted by Gasteiger charge is -2.23. The molecule has 2 rings (SSSR count). The van der Waals surface area contributed by atoms with E-state index in [1.807, 2.05) is 4.90 Å². The van der Waals surface area contributed by atoms with Crippen molar-refractivity contribution >= 4 is 5.91 Å². The first-order valence-electron chi connectivity index (χ1n) is 7.59. The average molecular weight is 310 g/mol. The van der Waals surface area contributed by atoms with Crippen molar-refractivity contribution in [3.63, 3.8) is 0 Å². The second-order valence-electron chi connectivity index (χ2n) is 5.56. The number of halogens is 1. The van der Waals surface area contributed by atoms with Crippen LogP contribution in [0.25, 0.3) is 0 Å². The number of nitrogens with zero attached hydrogens (tertiary/aromatic N) is 2. The van der Waals surface area contributed by atoms with Crippen LogP contribution < -0.4 is 4.74 Å². The molecule has 1 saturated heterocycles. The molecule has 6 heteroatoms. The van der Waals surface area contributed by atoms with Gasteiger partial charge in [-0.3, -0.25) is 9.69 Å². The van der Waals surface area contributed by atoms with Gasteiger partial charge in [0.25, 0.3) is 0 Å². The van der Waals surface area contributed by atoms with E-state index in [1.165, 1.54) is 6.07 Å². The van der Waals surface area contributed by atoms with E-state index in [2.05, 4.69) is 4.90 Å². The Labute approximate surface area is 130 Å². The molecule has 1 aromatic carbocycles. The van der Waals surface area contributed by atoms with E-state index in [9.17, 15) is 14.3 Å². The zero-order valence-electron chi connectivity index (χ0n) is 12.9. The zero-order chi connectivity index (χ0) is 15.9. The number of β-amino-alcohol motifs (C(OH)–C–C–N with tert-alkyl or cyclic N) is 1. The lowest BCUT2D eigenvalue weighted by molar-refractivity contribution is -0.128. The van der Waals surface area contributed by atoms with Crippen molar-refractivity contribution in [2.24, 2.45) is 0 Å². The van der Waals surface area contributed by atoms with Crippen molar-refractivity contribution in [3.8, 4) is 5.75 Å². The van der Waals surface area contributed by atoms with Crippen LogP contribution in [0, 0.1) is 5.82 Å². The normalized spacial score (nSPS) is 17.9. The molecule has 1 aliphatic heterocycles. The molecule has 1 unspecified atom stereocenters. The van der Waals surface area contributed by atoms with Gasteiger partial charge in [0.1, 0.15) is 12.7 Å². The van der Waals surface area contributed by atoms with E-state index in [0.717, 1.165) is 26.1 Å². The fourth-order valence-corrected chi connectivity index (χ4v) is 2.57. The molecule has 1 aliphatic rings. The number of rotatable bonds is 5. The second-order valence-corrected chi connectivity index (χ2v) is 5.56. The van der Waals surface area contributed by atoms with Crippen LogP contribution in [0.3, 0.4) is 0 Å². The van der Waals surface area contributed by atoms with E-state index >= 15 is 0 Å². The summed E-state index contributed by atoms with van der Waals surface area (Å²) in [7, 11) is 0. The second kappa shape index (κ2) is 8.10. The van der Waals surface area contributed by atoms with Crippen molar-refractivity contribution < 1.29 is 19.0 Å². The molecule has 0 saturated carbocycles. The van der Waals surface area contributed by atoms with Crippen molar-refractivity contribution in [1.82, 2.24) is 9.80 Å². The highest BCUT2D eigenvalue weighted by molar-refractivity contribution is 5.73. The largest absolute Gasteiger partial charge is 0.488 e. The Morgan fingerprint density at radius 2 is 2.09 bits per heavy atom. The Hall–Kier alpha value is -1.66. The Kier molecular flexibility index (Phi) is 6.15. The van der Waals surface area contributed by atoms with Gasteiger partial charge in [0.2, 0.25) is 5.91 Å². The monoisotopic (exact) mass is 310 g/mol. The summed E-state index contributed by atoms with van der Waals surface area (Å²) in [6, 6.07) is 6.15. The van der Waals surface area contributed by atoms with Gasteiger partial charge in [0, 0.05) is 33.1 Å². The minimum atomic E-state index is -0.691. The highest BCUT2D eigenvalue weighted by Crippen LogP contribution is 2.15. The molecule has 1 fully saturated rings. The Morgan fingerprint density at radius 1 is 1.32 bits per heavy atom. The number of carbonyl (C=O) groups is 1. The molecule has 0 bridgehead atoms. The molecule has 0 aliphatic carbocycles. The number of hydrogen-bond donors (Lipinski definition) is 1. The smallest absolute Gasteiger partial charge is 0.219 e. The molecular formula is C16H23FN2O3. The van der Waals surface area contributed by atoms with Crippen LogP contribution in [0.15, 0.2) is 24.3 Å². The van der Waals surface area contributed by atoms with Crippen LogP contribution in [-0.2, 0) is 4.79 Å². The van der Waals surface area contributed by atoms with Crippen molar-refractivity contribution in [3.05, 3.63) is 30.1 Å². The third-order valence-corrected chi connectivity index (χ3v) is 3.77. The van der Waals surface area contributed by atoms with Crippen molar-refractivity contribution in [2.45, 2.75) is 19.4 Å². The molecule has 0 aromatic heterocycles. The maximum atomic E-state index is 13.4. The zero-order valence-corrected chi connectivity index (χ0v) is 12.9. The number of aliphatic hydroxyl groups excluding tert-OH is 1. The third kappa shape index (κ3) is 4.96. The highest BCUT2D eigenvalue weighted by atomic mass is 19.1. The number of benzene rings is 1. The Balaban J connectivity index is 1.76. The van der Waals surface area contributed by atoms with E-state index in [-0.39, 0.29) is 18.3 Å². The van der Waals surface area contributed by atoms with Gasteiger partial charge in [-0.2, -0.15) is 0 Å². The summed E-state index contributed by atoms with van der Waals surface area (Å²) in [5.41, 5.74) is 0. The molecule has 1 atom stereocenters. The molecule has 5 nitrogen and oxygen atoms in total. The van der Waals surface area contributed by atoms with Gasteiger partial charge < -0.3 is 14.7 Å². The van der Waals surface area contributed by atoms with Gasteiger partial charge in [-0.25, -0.2) is 4.39 Å². The predicted molar refractivity (Wildman–Crippen MR) is 81.2 cm³/mol. The number of para-hydroxylation sites is 1. The van der Waals surface area contributed by atoms with Gasteiger partial charge >= 0.3 is 0 Å². The van der Waals surface area contributed by atoms with Gasteiger partial charge in [-0.05, 0) is 25.1 Å². The summed E-state index contributed by atoms with van der Waals surface area (Å²) >= 11 is 0. The van der Waals surface area contributed by atoms with E-state index in [4.69, 9.17) is 4.74 Å². The average Bonchev–Trinajstić information content (AvgIpc) is 2.72. The summed E-state index contributed by atoms with van der Waals surface area (Å²) in [5.74, 6) is -0.188. The van der Waals surface area contributed by atoms with Gasteiger partial charge in [0.15, 0.2) is 11.6 Å². The van der Waals surface area contributed by atoms with Crippen LogP contribution in [0.1, 0.15) is 13.3 Å². The van der Waals surface area contributed by atoms with E-state index in [0.29, 0.717) is 13.1 Å². The lowest BCUT2D eigenvalue weighted by Crippen LogP contribution is -2.38. The summed E-state index contributed by atoms with van der Waals surface area (Å²) < 4.78 is 18.7. The maximum absolute atomic E-state index is 13.4. The Morgan fingerprint density at radius 3 is 2.82 bits per heavy atom. The van der Waals surface area contributed by atoms with Crippen LogP contribution in [0.5, 0.6) is 5.75 Å². The molecule has 1 amide bonds. The van der Waals surface area contributed by atoms with Gasteiger partial charge in [-0.1, -0.05) is 12.1 Å². The molecule has 1 aromatic rings. The fourth-order valence-electron chi connectivity index (χ4n) is 2.57. The summed E-state index contributed by atoms with van der Waals surface area (Å²) in [4.78, 5) is 15.3. The summed E-state index contributed by atoms with van der Waals surface area (Å²) in [6.45, 7) is 5.08.